The van der Waals surface area contributed by atoms with Gasteiger partial charge < -0.3 is 5.32 Å². The third-order valence-electron chi connectivity index (χ3n) is 4.87. The number of hydrogen-bond acceptors (Lipinski definition) is 4. The highest BCUT2D eigenvalue weighted by atomic mass is 32.1. The molecule has 27 heavy (non-hydrogen) atoms. The Balaban J connectivity index is 1.36. The number of amides is 1. The summed E-state index contributed by atoms with van der Waals surface area (Å²) in [6, 6.07) is 10.6. The average Bonchev–Trinajstić information content (AvgIpc) is 3.13. The van der Waals surface area contributed by atoms with E-state index in [1.54, 1.807) is 29.7 Å². The molecule has 1 aromatic carbocycles. The van der Waals surface area contributed by atoms with Crippen molar-refractivity contribution >= 4 is 17.2 Å². The van der Waals surface area contributed by atoms with Crippen LogP contribution in [-0.2, 0) is 24.1 Å². The van der Waals surface area contributed by atoms with Gasteiger partial charge in [-0.15, -0.1) is 11.3 Å². The summed E-state index contributed by atoms with van der Waals surface area (Å²) >= 11 is 1.65. The number of pyridine rings is 1. The Morgan fingerprint density at radius 2 is 2.15 bits per heavy atom. The second-order valence-electron chi connectivity index (χ2n) is 6.70. The number of rotatable bonds is 5. The van der Waals surface area contributed by atoms with Gasteiger partial charge in [0.05, 0.1) is 5.69 Å². The summed E-state index contributed by atoms with van der Waals surface area (Å²) in [5.41, 5.74) is 2.75. The zero-order valence-corrected chi connectivity index (χ0v) is 15.6. The number of benzene rings is 1. The van der Waals surface area contributed by atoms with Crippen molar-refractivity contribution in [1.82, 2.24) is 15.3 Å². The molecular formula is C21H20FN3OS. The van der Waals surface area contributed by atoms with Gasteiger partial charge in [-0.2, -0.15) is 0 Å². The largest absolute Gasteiger partial charge is 0.356 e. The third-order valence-corrected chi connectivity index (χ3v) is 6.04. The van der Waals surface area contributed by atoms with E-state index in [2.05, 4.69) is 10.3 Å². The summed E-state index contributed by atoms with van der Waals surface area (Å²) in [4.78, 5) is 22.6. The molecule has 1 amide bonds. The fourth-order valence-electron chi connectivity index (χ4n) is 3.38. The summed E-state index contributed by atoms with van der Waals surface area (Å²) in [5.74, 6) is -0.213. The lowest BCUT2D eigenvalue weighted by Crippen LogP contribution is -2.35. The summed E-state index contributed by atoms with van der Waals surface area (Å²) in [6.07, 6.45) is 6.41. The molecule has 1 N–H and O–H groups in total. The second kappa shape index (κ2) is 7.96. The molecule has 1 aliphatic rings. The van der Waals surface area contributed by atoms with Crippen molar-refractivity contribution in [1.29, 1.82) is 0 Å². The molecule has 2 heterocycles. The van der Waals surface area contributed by atoms with E-state index in [-0.39, 0.29) is 17.6 Å². The summed E-state index contributed by atoms with van der Waals surface area (Å²) in [5, 5.41) is 3.93. The molecule has 4 nitrogen and oxygen atoms in total. The predicted molar refractivity (Wildman–Crippen MR) is 104 cm³/mol. The maximum absolute atomic E-state index is 13.7. The monoisotopic (exact) mass is 381 g/mol. The van der Waals surface area contributed by atoms with E-state index in [0.29, 0.717) is 18.5 Å². The second-order valence-corrected chi connectivity index (χ2v) is 7.79. The average molecular weight is 381 g/mol. The van der Waals surface area contributed by atoms with Gasteiger partial charge in [0.1, 0.15) is 10.8 Å². The SMILES string of the molecule is O=C(NCCc1ccccc1F)C1CCc2nc(-c3cccnc3)sc2C1. The number of aryl methyl sites for hydroxylation is 1. The van der Waals surface area contributed by atoms with Gasteiger partial charge in [0.2, 0.25) is 5.91 Å². The molecule has 0 aliphatic heterocycles. The first kappa shape index (κ1) is 17.8. The van der Waals surface area contributed by atoms with E-state index in [1.807, 2.05) is 24.4 Å². The summed E-state index contributed by atoms with van der Waals surface area (Å²) in [6.45, 7) is 0.451. The van der Waals surface area contributed by atoms with Crippen LogP contribution in [0.1, 0.15) is 22.6 Å². The molecule has 1 atom stereocenters. The molecule has 1 unspecified atom stereocenters. The number of carbonyl (C=O) groups excluding carboxylic acids is 1. The van der Waals surface area contributed by atoms with Crippen molar-refractivity contribution in [2.45, 2.75) is 25.7 Å². The van der Waals surface area contributed by atoms with E-state index in [0.717, 1.165) is 35.5 Å². The highest BCUT2D eigenvalue weighted by molar-refractivity contribution is 7.15. The van der Waals surface area contributed by atoms with Crippen LogP contribution in [0.15, 0.2) is 48.8 Å². The fraction of sp³-hybridized carbons (Fsp3) is 0.286. The topological polar surface area (TPSA) is 54.9 Å². The van der Waals surface area contributed by atoms with E-state index in [9.17, 15) is 9.18 Å². The van der Waals surface area contributed by atoms with Gasteiger partial charge in [-0.25, -0.2) is 9.37 Å². The molecule has 0 fully saturated rings. The zero-order valence-electron chi connectivity index (χ0n) is 14.8. The third kappa shape index (κ3) is 4.06. The molecular weight excluding hydrogens is 361 g/mol. The van der Waals surface area contributed by atoms with Gasteiger partial charge in [-0.1, -0.05) is 18.2 Å². The van der Waals surface area contributed by atoms with Crippen molar-refractivity contribution in [2.75, 3.05) is 6.54 Å². The highest BCUT2D eigenvalue weighted by Gasteiger charge is 2.27. The lowest BCUT2D eigenvalue weighted by Gasteiger charge is -2.20. The number of hydrogen-bond donors (Lipinski definition) is 1. The first-order valence-electron chi connectivity index (χ1n) is 9.11. The number of carbonyl (C=O) groups is 1. The normalized spacial score (nSPS) is 16.0. The summed E-state index contributed by atoms with van der Waals surface area (Å²) < 4.78 is 13.7. The lowest BCUT2D eigenvalue weighted by atomic mass is 9.90. The van der Waals surface area contributed by atoms with Crippen LogP contribution >= 0.6 is 11.3 Å². The van der Waals surface area contributed by atoms with E-state index in [4.69, 9.17) is 4.98 Å². The Morgan fingerprint density at radius 1 is 1.26 bits per heavy atom. The van der Waals surface area contributed by atoms with Crippen molar-refractivity contribution in [3.63, 3.8) is 0 Å². The van der Waals surface area contributed by atoms with Crippen molar-refractivity contribution in [3.05, 3.63) is 70.7 Å². The quantitative estimate of drug-likeness (QED) is 0.731. The lowest BCUT2D eigenvalue weighted by molar-refractivity contribution is -0.125. The van der Waals surface area contributed by atoms with Gasteiger partial charge in [-0.3, -0.25) is 9.78 Å². The first-order chi connectivity index (χ1) is 13.2. The molecule has 138 valence electrons. The molecule has 0 bridgehead atoms. The molecule has 1 aliphatic carbocycles. The Labute approximate surface area is 161 Å². The molecule has 0 saturated carbocycles. The maximum atomic E-state index is 13.7. The van der Waals surface area contributed by atoms with Crippen molar-refractivity contribution in [2.24, 2.45) is 5.92 Å². The van der Waals surface area contributed by atoms with Crippen molar-refractivity contribution < 1.29 is 9.18 Å². The Bertz CT molecular complexity index is 942. The molecule has 0 radical (unpaired) electrons. The minimum atomic E-state index is -0.221. The standard InChI is InChI=1S/C21H20FN3OS/c22-17-6-2-1-4-14(17)9-11-24-20(26)15-7-8-18-19(12-15)27-21(25-18)16-5-3-10-23-13-16/h1-6,10,13,15H,7-9,11-12H2,(H,24,26). The number of aromatic nitrogens is 2. The highest BCUT2D eigenvalue weighted by Crippen LogP contribution is 2.34. The molecule has 0 saturated heterocycles. The fourth-order valence-corrected chi connectivity index (χ4v) is 4.56. The smallest absolute Gasteiger partial charge is 0.223 e. The minimum Gasteiger partial charge on any atom is -0.356 e. The van der Waals surface area contributed by atoms with Crippen LogP contribution in [0.2, 0.25) is 0 Å². The Kier molecular flexibility index (Phi) is 5.25. The van der Waals surface area contributed by atoms with Crippen LogP contribution < -0.4 is 5.32 Å². The number of thiazole rings is 1. The van der Waals surface area contributed by atoms with E-state index in [1.165, 1.54) is 10.9 Å². The number of nitrogens with zero attached hydrogens (tertiary/aromatic N) is 2. The van der Waals surface area contributed by atoms with E-state index >= 15 is 0 Å². The molecule has 4 rings (SSSR count). The summed E-state index contributed by atoms with van der Waals surface area (Å²) in [7, 11) is 0. The van der Waals surface area contributed by atoms with Crippen LogP contribution in [0.4, 0.5) is 4.39 Å². The number of nitrogens with one attached hydrogen (secondary N) is 1. The van der Waals surface area contributed by atoms with Gasteiger partial charge in [0, 0.05) is 35.3 Å². The Hall–Kier alpha value is -2.60. The maximum Gasteiger partial charge on any atom is 0.223 e. The van der Waals surface area contributed by atoms with Crippen LogP contribution in [0.3, 0.4) is 0 Å². The Morgan fingerprint density at radius 3 is 2.96 bits per heavy atom. The van der Waals surface area contributed by atoms with Gasteiger partial charge in [-0.05, 0) is 49.4 Å². The van der Waals surface area contributed by atoms with Crippen LogP contribution in [0, 0.1) is 11.7 Å². The first-order valence-corrected chi connectivity index (χ1v) is 9.92. The van der Waals surface area contributed by atoms with Crippen LogP contribution in [-0.4, -0.2) is 22.4 Å². The molecule has 0 spiro atoms. The molecule has 2 aromatic heterocycles. The molecule has 6 heteroatoms. The van der Waals surface area contributed by atoms with Gasteiger partial charge in [0.15, 0.2) is 0 Å². The molecule has 3 aromatic rings. The van der Waals surface area contributed by atoms with Gasteiger partial charge in [0.25, 0.3) is 0 Å². The predicted octanol–water partition coefficient (Wildman–Crippen LogP) is 3.81. The van der Waals surface area contributed by atoms with Crippen LogP contribution in [0.5, 0.6) is 0 Å². The van der Waals surface area contributed by atoms with E-state index < -0.39 is 0 Å². The van der Waals surface area contributed by atoms with Crippen molar-refractivity contribution in [3.8, 4) is 10.6 Å². The minimum absolute atomic E-state index is 0.0414. The number of fused-ring (bicyclic) bond motifs is 1. The number of halogens is 1. The van der Waals surface area contributed by atoms with Crippen LogP contribution in [0.25, 0.3) is 10.6 Å². The van der Waals surface area contributed by atoms with Gasteiger partial charge >= 0.3 is 0 Å². The zero-order chi connectivity index (χ0) is 18.6.